The average molecular weight is 278 g/mol. The van der Waals surface area contributed by atoms with Gasteiger partial charge < -0.3 is 15.7 Å². The standard InChI is InChI=1S/C13H12ClN3O2/c1-8-6-9(13(15)17-18)7-12(16-8)19-11-4-2-10(14)3-5-11/h2-7,18H,1H3,(H2,15,17). The average Bonchev–Trinajstić information content (AvgIpc) is 2.40. The highest BCUT2D eigenvalue weighted by atomic mass is 35.5. The van der Waals surface area contributed by atoms with Gasteiger partial charge in [-0.05, 0) is 37.3 Å². The van der Waals surface area contributed by atoms with Crippen LogP contribution in [0.5, 0.6) is 11.6 Å². The zero-order valence-electron chi connectivity index (χ0n) is 10.2. The van der Waals surface area contributed by atoms with Crippen molar-refractivity contribution in [1.82, 2.24) is 4.98 Å². The zero-order chi connectivity index (χ0) is 13.8. The third-order valence-corrected chi connectivity index (χ3v) is 2.62. The van der Waals surface area contributed by atoms with E-state index in [1.54, 1.807) is 43.3 Å². The molecule has 0 bridgehead atoms. The van der Waals surface area contributed by atoms with Crippen LogP contribution in [0.25, 0.3) is 0 Å². The van der Waals surface area contributed by atoms with Crippen molar-refractivity contribution in [3.05, 3.63) is 52.7 Å². The molecule has 0 radical (unpaired) electrons. The van der Waals surface area contributed by atoms with Gasteiger partial charge in [-0.3, -0.25) is 0 Å². The summed E-state index contributed by atoms with van der Waals surface area (Å²) in [6, 6.07) is 10.2. The van der Waals surface area contributed by atoms with Gasteiger partial charge in [0.05, 0.1) is 0 Å². The van der Waals surface area contributed by atoms with Crippen LogP contribution in [0.15, 0.2) is 41.6 Å². The fourth-order valence-corrected chi connectivity index (χ4v) is 1.65. The van der Waals surface area contributed by atoms with Crippen molar-refractivity contribution in [2.75, 3.05) is 0 Å². The number of ether oxygens (including phenoxy) is 1. The van der Waals surface area contributed by atoms with Crippen LogP contribution in [0.3, 0.4) is 0 Å². The highest BCUT2D eigenvalue weighted by Crippen LogP contribution is 2.22. The summed E-state index contributed by atoms with van der Waals surface area (Å²) < 4.78 is 5.59. The second-order valence-electron chi connectivity index (χ2n) is 3.88. The van der Waals surface area contributed by atoms with Gasteiger partial charge in [-0.15, -0.1) is 0 Å². The molecule has 6 heteroatoms. The molecule has 0 aliphatic heterocycles. The molecule has 1 heterocycles. The first-order valence-corrected chi connectivity index (χ1v) is 5.86. The van der Waals surface area contributed by atoms with E-state index >= 15 is 0 Å². The lowest BCUT2D eigenvalue weighted by Crippen LogP contribution is -2.13. The van der Waals surface area contributed by atoms with E-state index in [-0.39, 0.29) is 5.84 Å². The highest BCUT2D eigenvalue weighted by molar-refractivity contribution is 6.30. The number of pyridine rings is 1. The first kappa shape index (κ1) is 13.2. The molecule has 2 rings (SSSR count). The number of halogens is 1. The van der Waals surface area contributed by atoms with Gasteiger partial charge >= 0.3 is 0 Å². The van der Waals surface area contributed by atoms with E-state index in [2.05, 4.69) is 10.1 Å². The molecule has 1 aromatic heterocycles. The van der Waals surface area contributed by atoms with E-state index in [4.69, 9.17) is 27.3 Å². The molecule has 0 atom stereocenters. The number of aryl methyl sites for hydroxylation is 1. The number of rotatable bonds is 3. The van der Waals surface area contributed by atoms with Crippen LogP contribution in [0.2, 0.25) is 5.02 Å². The van der Waals surface area contributed by atoms with Crippen LogP contribution >= 0.6 is 11.6 Å². The second kappa shape index (κ2) is 5.58. The molecule has 0 aliphatic carbocycles. The Kier molecular flexibility index (Phi) is 3.87. The summed E-state index contributed by atoms with van der Waals surface area (Å²) in [7, 11) is 0. The Labute approximate surface area is 115 Å². The second-order valence-corrected chi connectivity index (χ2v) is 4.31. The predicted molar refractivity (Wildman–Crippen MR) is 73.0 cm³/mol. The third kappa shape index (κ3) is 3.35. The van der Waals surface area contributed by atoms with Gasteiger partial charge in [-0.1, -0.05) is 16.8 Å². The summed E-state index contributed by atoms with van der Waals surface area (Å²) in [5, 5.41) is 12.3. The van der Waals surface area contributed by atoms with E-state index in [1.807, 2.05) is 0 Å². The van der Waals surface area contributed by atoms with Crippen molar-refractivity contribution >= 4 is 17.4 Å². The molecule has 0 spiro atoms. The number of hydrogen-bond donors (Lipinski definition) is 2. The topological polar surface area (TPSA) is 80.7 Å². The van der Waals surface area contributed by atoms with Gasteiger partial charge in [-0.2, -0.15) is 0 Å². The maximum absolute atomic E-state index is 8.68. The molecule has 1 aromatic carbocycles. The van der Waals surface area contributed by atoms with E-state index in [0.717, 1.165) is 0 Å². The number of benzene rings is 1. The predicted octanol–water partition coefficient (Wildman–Crippen LogP) is 2.93. The number of oxime groups is 1. The lowest BCUT2D eigenvalue weighted by atomic mass is 10.2. The molecule has 5 nitrogen and oxygen atoms in total. The molecule has 19 heavy (non-hydrogen) atoms. The van der Waals surface area contributed by atoms with Crippen molar-refractivity contribution in [3.63, 3.8) is 0 Å². The largest absolute Gasteiger partial charge is 0.439 e. The minimum Gasteiger partial charge on any atom is -0.439 e. The number of nitrogens with two attached hydrogens (primary N) is 1. The number of hydrogen-bond acceptors (Lipinski definition) is 4. The quantitative estimate of drug-likeness (QED) is 0.391. The van der Waals surface area contributed by atoms with E-state index < -0.39 is 0 Å². The normalized spacial score (nSPS) is 11.4. The Morgan fingerprint density at radius 2 is 2.00 bits per heavy atom. The lowest BCUT2D eigenvalue weighted by Gasteiger charge is -2.07. The van der Waals surface area contributed by atoms with E-state index in [1.165, 1.54) is 0 Å². The van der Waals surface area contributed by atoms with Gasteiger partial charge in [0, 0.05) is 22.3 Å². The number of aromatic nitrogens is 1. The fourth-order valence-electron chi connectivity index (χ4n) is 1.52. The van der Waals surface area contributed by atoms with Crippen LogP contribution in [-0.2, 0) is 0 Å². The highest BCUT2D eigenvalue weighted by Gasteiger charge is 2.06. The van der Waals surface area contributed by atoms with E-state index in [9.17, 15) is 0 Å². The summed E-state index contributed by atoms with van der Waals surface area (Å²) in [6.07, 6.45) is 0. The Morgan fingerprint density at radius 1 is 1.32 bits per heavy atom. The maximum atomic E-state index is 8.68. The maximum Gasteiger partial charge on any atom is 0.220 e. The van der Waals surface area contributed by atoms with Crippen LogP contribution < -0.4 is 10.5 Å². The van der Waals surface area contributed by atoms with E-state index in [0.29, 0.717) is 27.9 Å². The molecule has 3 N–H and O–H groups in total. The molecular weight excluding hydrogens is 266 g/mol. The minimum absolute atomic E-state index is 0.00598. The van der Waals surface area contributed by atoms with Crippen LogP contribution in [0, 0.1) is 6.92 Å². The SMILES string of the molecule is Cc1cc(/C(N)=N/O)cc(Oc2ccc(Cl)cc2)n1. The number of nitrogens with zero attached hydrogens (tertiary/aromatic N) is 2. The van der Waals surface area contributed by atoms with Crippen molar-refractivity contribution in [1.29, 1.82) is 0 Å². The first-order chi connectivity index (χ1) is 9.08. The zero-order valence-corrected chi connectivity index (χ0v) is 10.9. The molecule has 0 fully saturated rings. The first-order valence-electron chi connectivity index (χ1n) is 5.48. The molecule has 0 saturated carbocycles. The molecular formula is C13H12ClN3O2. The smallest absolute Gasteiger partial charge is 0.220 e. The Morgan fingerprint density at radius 3 is 2.63 bits per heavy atom. The Hall–Kier alpha value is -2.27. The van der Waals surface area contributed by atoms with Crippen molar-refractivity contribution in [2.24, 2.45) is 10.9 Å². The molecule has 0 saturated heterocycles. The van der Waals surface area contributed by atoms with Crippen LogP contribution in [0.1, 0.15) is 11.3 Å². The summed E-state index contributed by atoms with van der Waals surface area (Å²) in [5.74, 6) is 0.975. The van der Waals surface area contributed by atoms with Crippen LogP contribution in [-0.4, -0.2) is 16.0 Å². The third-order valence-electron chi connectivity index (χ3n) is 2.37. The van der Waals surface area contributed by atoms with Gasteiger partial charge in [0.15, 0.2) is 5.84 Å². The molecule has 0 amide bonds. The minimum atomic E-state index is 0.00598. The molecule has 2 aromatic rings. The molecule has 0 aliphatic rings. The Balaban J connectivity index is 2.30. The monoisotopic (exact) mass is 277 g/mol. The summed E-state index contributed by atoms with van der Waals surface area (Å²) in [6.45, 7) is 1.79. The van der Waals surface area contributed by atoms with Crippen molar-refractivity contribution < 1.29 is 9.94 Å². The van der Waals surface area contributed by atoms with Gasteiger partial charge in [0.2, 0.25) is 5.88 Å². The summed E-state index contributed by atoms with van der Waals surface area (Å²) >= 11 is 5.79. The molecule has 98 valence electrons. The number of amidine groups is 1. The Bertz CT molecular complexity index is 612. The lowest BCUT2D eigenvalue weighted by molar-refractivity contribution is 0.318. The van der Waals surface area contributed by atoms with Gasteiger partial charge in [0.25, 0.3) is 0 Å². The molecule has 0 unspecified atom stereocenters. The van der Waals surface area contributed by atoms with Crippen LogP contribution in [0.4, 0.5) is 0 Å². The van der Waals surface area contributed by atoms with Crippen molar-refractivity contribution in [2.45, 2.75) is 6.92 Å². The fraction of sp³-hybridized carbons (Fsp3) is 0.0769. The van der Waals surface area contributed by atoms with Gasteiger partial charge in [-0.25, -0.2) is 4.98 Å². The summed E-state index contributed by atoms with van der Waals surface area (Å²) in [4.78, 5) is 4.22. The van der Waals surface area contributed by atoms with Gasteiger partial charge in [0.1, 0.15) is 5.75 Å². The van der Waals surface area contributed by atoms with Crippen molar-refractivity contribution in [3.8, 4) is 11.6 Å². The summed E-state index contributed by atoms with van der Waals surface area (Å²) in [5.41, 5.74) is 6.79.